The lowest BCUT2D eigenvalue weighted by Crippen LogP contribution is -2.29. The number of anilines is 2. The Labute approximate surface area is 151 Å². The average molecular weight is 387 g/mol. The number of nitrogens with one attached hydrogen (secondary N) is 1. The summed E-state index contributed by atoms with van der Waals surface area (Å²) in [6.45, 7) is 2.05. The minimum atomic E-state index is -3.36. The summed E-state index contributed by atoms with van der Waals surface area (Å²) in [5.41, 5.74) is 1.33. The number of hydrogen-bond acceptors (Lipinski definition) is 3. The van der Waals surface area contributed by atoms with E-state index in [2.05, 4.69) is 5.32 Å². The van der Waals surface area contributed by atoms with Crippen molar-refractivity contribution >= 4 is 50.5 Å². The molecule has 0 aliphatic rings. The van der Waals surface area contributed by atoms with Gasteiger partial charge in [0.1, 0.15) is 0 Å². The van der Waals surface area contributed by atoms with E-state index >= 15 is 0 Å². The average Bonchev–Trinajstić information content (AvgIpc) is 2.50. The lowest BCUT2D eigenvalue weighted by Gasteiger charge is -2.20. The summed E-state index contributed by atoms with van der Waals surface area (Å²) in [6, 6.07) is 11.1. The fourth-order valence-corrected chi connectivity index (χ4v) is 3.60. The van der Waals surface area contributed by atoms with Gasteiger partial charge < -0.3 is 5.32 Å². The maximum absolute atomic E-state index is 12.3. The topological polar surface area (TPSA) is 66.5 Å². The monoisotopic (exact) mass is 386 g/mol. The molecule has 24 heavy (non-hydrogen) atoms. The second-order valence-corrected chi connectivity index (χ2v) is 7.80. The van der Waals surface area contributed by atoms with E-state index in [0.717, 1.165) is 6.26 Å². The highest BCUT2D eigenvalue weighted by Gasteiger charge is 2.16. The molecule has 0 aromatic heterocycles. The van der Waals surface area contributed by atoms with Gasteiger partial charge in [-0.1, -0.05) is 23.2 Å². The highest BCUT2D eigenvalue weighted by atomic mass is 35.5. The minimum absolute atomic E-state index is 0.310. The Hall–Kier alpha value is -1.76. The fourth-order valence-electron chi connectivity index (χ4n) is 2.17. The molecule has 5 nitrogen and oxygen atoms in total. The number of carbonyl (C=O) groups is 1. The van der Waals surface area contributed by atoms with Crippen molar-refractivity contribution in [1.82, 2.24) is 0 Å². The van der Waals surface area contributed by atoms with Crippen LogP contribution in [-0.4, -0.2) is 27.1 Å². The largest absolute Gasteiger partial charge is 0.321 e. The number of halogens is 2. The summed E-state index contributed by atoms with van der Waals surface area (Å²) >= 11 is 11.8. The molecular weight excluding hydrogens is 371 g/mol. The van der Waals surface area contributed by atoms with E-state index < -0.39 is 10.0 Å². The Kier molecular flexibility index (Phi) is 5.74. The molecule has 0 saturated heterocycles. The molecular formula is C16H16Cl2N2O3S. The quantitative estimate of drug-likeness (QED) is 0.842. The van der Waals surface area contributed by atoms with Crippen molar-refractivity contribution in [1.29, 1.82) is 0 Å². The van der Waals surface area contributed by atoms with E-state index in [-0.39, 0.29) is 5.91 Å². The third-order valence-corrected chi connectivity index (χ3v) is 5.10. The molecule has 2 aromatic rings. The highest BCUT2D eigenvalue weighted by molar-refractivity contribution is 7.92. The van der Waals surface area contributed by atoms with Crippen LogP contribution in [0.3, 0.4) is 0 Å². The minimum Gasteiger partial charge on any atom is -0.321 e. The molecule has 1 amide bonds. The van der Waals surface area contributed by atoms with Crippen molar-refractivity contribution in [3.63, 3.8) is 0 Å². The summed E-state index contributed by atoms with van der Waals surface area (Å²) in [7, 11) is -3.36. The first-order valence-electron chi connectivity index (χ1n) is 7.06. The van der Waals surface area contributed by atoms with Gasteiger partial charge in [-0.2, -0.15) is 0 Å². The number of hydrogen-bond donors (Lipinski definition) is 1. The molecule has 0 spiro atoms. The van der Waals surface area contributed by atoms with Crippen LogP contribution in [0.15, 0.2) is 42.5 Å². The van der Waals surface area contributed by atoms with Gasteiger partial charge in [-0.15, -0.1) is 0 Å². The molecule has 0 aliphatic carbocycles. The third kappa shape index (κ3) is 4.41. The number of amides is 1. The molecule has 0 radical (unpaired) electrons. The zero-order chi connectivity index (χ0) is 17.9. The first kappa shape index (κ1) is 18.6. The van der Waals surface area contributed by atoms with Crippen LogP contribution in [0.25, 0.3) is 0 Å². The van der Waals surface area contributed by atoms with E-state index in [1.807, 2.05) is 0 Å². The lowest BCUT2D eigenvalue weighted by molar-refractivity contribution is 0.102. The van der Waals surface area contributed by atoms with Crippen LogP contribution >= 0.6 is 23.2 Å². The van der Waals surface area contributed by atoms with E-state index in [4.69, 9.17) is 23.2 Å². The summed E-state index contributed by atoms with van der Waals surface area (Å²) in [5.74, 6) is -0.354. The van der Waals surface area contributed by atoms with Crippen molar-refractivity contribution in [2.24, 2.45) is 0 Å². The van der Waals surface area contributed by atoms with Crippen LogP contribution in [0, 0.1) is 0 Å². The summed E-state index contributed by atoms with van der Waals surface area (Å²) in [5, 5.41) is 3.49. The lowest BCUT2D eigenvalue weighted by atomic mass is 10.2. The molecule has 0 bridgehead atoms. The first-order chi connectivity index (χ1) is 11.2. The molecule has 0 atom stereocenters. The maximum atomic E-state index is 12.3. The summed E-state index contributed by atoms with van der Waals surface area (Å²) in [6.07, 6.45) is 1.14. The van der Waals surface area contributed by atoms with Gasteiger partial charge in [0.25, 0.3) is 5.91 Å². The first-order valence-corrected chi connectivity index (χ1v) is 9.67. The van der Waals surface area contributed by atoms with Gasteiger partial charge in [0, 0.05) is 17.1 Å². The van der Waals surface area contributed by atoms with Gasteiger partial charge in [-0.3, -0.25) is 9.10 Å². The van der Waals surface area contributed by atoms with Crippen LogP contribution < -0.4 is 9.62 Å². The number of carbonyl (C=O) groups excluding carboxylic acids is 1. The van der Waals surface area contributed by atoms with Crippen molar-refractivity contribution in [3.05, 3.63) is 58.1 Å². The van der Waals surface area contributed by atoms with Gasteiger partial charge >= 0.3 is 0 Å². The Balaban J connectivity index is 2.19. The zero-order valence-electron chi connectivity index (χ0n) is 13.1. The van der Waals surface area contributed by atoms with Crippen molar-refractivity contribution in [2.75, 3.05) is 22.4 Å². The molecule has 0 fully saturated rings. The molecule has 0 unspecified atom stereocenters. The van der Waals surface area contributed by atoms with Gasteiger partial charge in [0.05, 0.1) is 22.7 Å². The molecule has 2 aromatic carbocycles. The number of nitrogens with zero attached hydrogens (tertiary/aromatic N) is 1. The Morgan fingerprint density at radius 3 is 2.25 bits per heavy atom. The summed E-state index contributed by atoms with van der Waals surface area (Å²) < 4.78 is 24.7. The van der Waals surface area contributed by atoms with E-state index in [1.165, 1.54) is 10.4 Å². The van der Waals surface area contributed by atoms with Gasteiger partial charge in [0.15, 0.2) is 0 Å². The molecule has 0 heterocycles. The van der Waals surface area contributed by atoms with Crippen LogP contribution in [0.2, 0.25) is 10.0 Å². The number of benzene rings is 2. The van der Waals surface area contributed by atoms with Gasteiger partial charge in [-0.25, -0.2) is 8.42 Å². The van der Waals surface area contributed by atoms with Crippen molar-refractivity contribution < 1.29 is 13.2 Å². The predicted octanol–water partition coefficient (Wildman–Crippen LogP) is 4.03. The molecule has 128 valence electrons. The van der Waals surface area contributed by atoms with E-state index in [1.54, 1.807) is 43.3 Å². The standard InChI is InChI=1S/C16H16Cl2N2O3S/c1-3-20(24(2,22)23)13-7-4-11(5-8-13)16(21)19-15-9-6-12(17)10-14(15)18/h4-10H,3H2,1-2H3,(H,19,21). The highest BCUT2D eigenvalue weighted by Crippen LogP contribution is 2.26. The second kappa shape index (κ2) is 7.42. The number of sulfonamides is 1. The van der Waals surface area contributed by atoms with E-state index in [9.17, 15) is 13.2 Å². The molecule has 0 saturated carbocycles. The smallest absolute Gasteiger partial charge is 0.255 e. The fraction of sp³-hybridized carbons (Fsp3) is 0.188. The second-order valence-electron chi connectivity index (χ2n) is 5.05. The van der Waals surface area contributed by atoms with Gasteiger partial charge in [-0.05, 0) is 49.4 Å². The zero-order valence-corrected chi connectivity index (χ0v) is 15.4. The molecule has 1 N–H and O–H groups in total. The Morgan fingerprint density at radius 1 is 1.12 bits per heavy atom. The van der Waals surface area contributed by atoms with Crippen LogP contribution in [-0.2, 0) is 10.0 Å². The SMILES string of the molecule is CCN(c1ccc(C(=O)Nc2ccc(Cl)cc2Cl)cc1)S(C)(=O)=O. The predicted molar refractivity (Wildman–Crippen MR) is 98.7 cm³/mol. The maximum Gasteiger partial charge on any atom is 0.255 e. The van der Waals surface area contributed by atoms with Gasteiger partial charge in [0.2, 0.25) is 10.0 Å². The van der Waals surface area contributed by atoms with Crippen LogP contribution in [0.4, 0.5) is 11.4 Å². The summed E-state index contributed by atoms with van der Waals surface area (Å²) in [4.78, 5) is 12.3. The normalized spacial score (nSPS) is 11.2. The van der Waals surface area contributed by atoms with E-state index in [0.29, 0.717) is 33.5 Å². The third-order valence-electron chi connectivity index (χ3n) is 3.28. The van der Waals surface area contributed by atoms with Crippen LogP contribution in [0.5, 0.6) is 0 Å². The molecule has 0 aliphatic heterocycles. The van der Waals surface area contributed by atoms with Crippen molar-refractivity contribution in [2.45, 2.75) is 6.92 Å². The molecule has 2 rings (SSSR count). The Morgan fingerprint density at radius 2 is 1.75 bits per heavy atom. The Bertz CT molecular complexity index is 852. The van der Waals surface area contributed by atoms with Crippen molar-refractivity contribution in [3.8, 4) is 0 Å². The molecule has 8 heteroatoms. The number of rotatable bonds is 5. The van der Waals surface area contributed by atoms with Crippen LogP contribution in [0.1, 0.15) is 17.3 Å².